The molecule has 1 aromatic rings. The summed E-state index contributed by atoms with van der Waals surface area (Å²) in [5.41, 5.74) is 2.84. The Kier molecular flexibility index (Phi) is 5.32. The molecule has 0 aromatic heterocycles. The number of carboxylic acid groups (broad SMARTS) is 1. The van der Waals surface area contributed by atoms with E-state index < -0.39 is 5.97 Å². The van der Waals surface area contributed by atoms with Gasteiger partial charge in [-0.3, -0.25) is 9.69 Å². The first-order valence-corrected chi connectivity index (χ1v) is 6.28. The van der Waals surface area contributed by atoms with Gasteiger partial charge in [0, 0.05) is 19.3 Å². The van der Waals surface area contributed by atoms with Crippen LogP contribution in [0.25, 0.3) is 0 Å². The molecule has 0 radical (unpaired) electrons. The fourth-order valence-corrected chi connectivity index (χ4v) is 2.00. The molecule has 108 valence electrons. The highest BCUT2D eigenvalue weighted by atomic mass is 16.4. The highest BCUT2D eigenvalue weighted by Crippen LogP contribution is 2.18. The van der Waals surface area contributed by atoms with Gasteiger partial charge < -0.3 is 10.0 Å². The average Bonchev–Trinajstić information content (AvgIpc) is 2.34. The van der Waals surface area contributed by atoms with Gasteiger partial charge in [0.25, 0.3) is 0 Å². The second-order valence-corrected chi connectivity index (χ2v) is 4.75. The summed E-state index contributed by atoms with van der Waals surface area (Å²) in [5.74, 6) is -1.05. The lowest BCUT2D eigenvalue weighted by molar-refractivity contribution is -0.137. The van der Waals surface area contributed by atoms with E-state index in [2.05, 4.69) is 6.58 Å². The number of hydrogen-bond donors (Lipinski definition) is 1. The maximum Gasteiger partial charge on any atom is 0.325 e. The first-order chi connectivity index (χ1) is 9.35. The Morgan fingerprint density at radius 2 is 1.80 bits per heavy atom. The van der Waals surface area contributed by atoms with Crippen molar-refractivity contribution in [1.29, 1.82) is 0 Å². The van der Waals surface area contributed by atoms with Gasteiger partial charge in [0.1, 0.15) is 6.54 Å². The number of urea groups is 1. The molecular weight excluding hydrogens is 256 g/mol. The van der Waals surface area contributed by atoms with Crippen molar-refractivity contribution in [2.45, 2.75) is 13.8 Å². The Morgan fingerprint density at radius 1 is 1.25 bits per heavy atom. The molecule has 0 unspecified atom stereocenters. The number of hydrogen-bond acceptors (Lipinski definition) is 2. The van der Waals surface area contributed by atoms with Gasteiger partial charge in [0.05, 0.1) is 0 Å². The molecule has 0 spiro atoms. The van der Waals surface area contributed by atoms with Crippen LogP contribution in [0.1, 0.15) is 11.1 Å². The molecule has 0 heterocycles. The Bertz CT molecular complexity index is 506. The predicted molar refractivity (Wildman–Crippen MR) is 79.1 cm³/mol. The summed E-state index contributed by atoms with van der Waals surface area (Å²) in [6, 6.07) is 5.42. The van der Waals surface area contributed by atoms with E-state index in [1.54, 1.807) is 7.05 Å². The minimum atomic E-state index is -1.05. The number of nitrogens with zero attached hydrogens (tertiary/aromatic N) is 2. The van der Waals surface area contributed by atoms with Gasteiger partial charge in [-0.2, -0.15) is 0 Å². The number of carbonyl (C=O) groups excluding carboxylic acids is 1. The SMILES string of the molecule is C=CCN(CC(=O)O)C(=O)N(C)c1cc(C)cc(C)c1. The molecule has 2 amide bonds. The zero-order chi connectivity index (χ0) is 15.3. The van der Waals surface area contributed by atoms with Crippen molar-refractivity contribution < 1.29 is 14.7 Å². The monoisotopic (exact) mass is 276 g/mol. The quantitative estimate of drug-likeness (QED) is 0.840. The molecule has 0 saturated heterocycles. The largest absolute Gasteiger partial charge is 0.480 e. The van der Waals surface area contributed by atoms with Crippen LogP contribution in [0.4, 0.5) is 10.5 Å². The third-order valence-electron chi connectivity index (χ3n) is 2.83. The fraction of sp³-hybridized carbons (Fsp3) is 0.333. The normalized spacial score (nSPS) is 9.95. The molecule has 1 aromatic carbocycles. The molecule has 0 bridgehead atoms. The highest BCUT2D eigenvalue weighted by Gasteiger charge is 2.20. The summed E-state index contributed by atoms with van der Waals surface area (Å²) < 4.78 is 0. The first-order valence-electron chi connectivity index (χ1n) is 6.28. The number of anilines is 1. The van der Waals surface area contributed by atoms with Gasteiger partial charge in [-0.05, 0) is 37.1 Å². The maximum absolute atomic E-state index is 12.3. The zero-order valence-corrected chi connectivity index (χ0v) is 12.1. The van der Waals surface area contributed by atoms with E-state index in [1.165, 1.54) is 15.9 Å². The van der Waals surface area contributed by atoms with Crippen molar-refractivity contribution in [3.8, 4) is 0 Å². The van der Waals surface area contributed by atoms with Crippen molar-refractivity contribution in [3.63, 3.8) is 0 Å². The van der Waals surface area contributed by atoms with Crippen LogP contribution in [-0.4, -0.2) is 42.1 Å². The number of rotatable bonds is 5. The number of aliphatic carboxylic acids is 1. The second kappa shape index (κ2) is 6.75. The molecule has 1 N–H and O–H groups in total. The van der Waals surface area contributed by atoms with Crippen LogP contribution in [0.3, 0.4) is 0 Å². The van der Waals surface area contributed by atoms with Gasteiger partial charge in [-0.25, -0.2) is 4.79 Å². The lowest BCUT2D eigenvalue weighted by Crippen LogP contribution is -2.44. The van der Waals surface area contributed by atoms with Crippen molar-refractivity contribution in [1.82, 2.24) is 4.90 Å². The fourth-order valence-electron chi connectivity index (χ4n) is 2.00. The third-order valence-corrected chi connectivity index (χ3v) is 2.83. The van der Waals surface area contributed by atoms with E-state index in [-0.39, 0.29) is 19.1 Å². The van der Waals surface area contributed by atoms with E-state index >= 15 is 0 Å². The Balaban J connectivity index is 2.97. The Hall–Kier alpha value is -2.30. The van der Waals surface area contributed by atoms with Crippen molar-refractivity contribution in [3.05, 3.63) is 42.0 Å². The first kappa shape index (κ1) is 15.8. The van der Waals surface area contributed by atoms with Crippen molar-refractivity contribution >= 4 is 17.7 Å². The van der Waals surface area contributed by atoms with E-state index in [9.17, 15) is 9.59 Å². The van der Waals surface area contributed by atoms with Crippen LogP contribution in [0, 0.1) is 13.8 Å². The Morgan fingerprint density at radius 3 is 2.25 bits per heavy atom. The molecule has 20 heavy (non-hydrogen) atoms. The van der Waals surface area contributed by atoms with Gasteiger partial charge in [0.2, 0.25) is 0 Å². The standard InChI is InChI=1S/C15H20N2O3/c1-5-6-17(10-14(18)19)15(20)16(4)13-8-11(2)7-12(3)9-13/h5,7-9H,1,6,10H2,2-4H3,(H,18,19). The number of aryl methyl sites for hydroxylation is 2. The molecule has 1 rings (SSSR count). The Labute approximate surface area is 119 Å². The number of carbonyl (C=O) groups is 2. The highest BCUT2D eigenvalue weighted by molar-refractivity contribution is 5.93. The smallest absolute Gasteiger partial charge is 0.325 e. The lowest BCUT2D eigenvalue weighted by atomic mass is 10.1. The molecule has 5 heteroatoms. The van der Waals surface area contributed by atoms with Gasteiger partial charge in [0.15, 0.2) is 0 Å². The van der Waals surface area contributed by atoms with Gasteiger partial charge in [-0.1, -0.05) is 12.1 Å². The molecular formula is C15H20N2O3. The van der Waals surface area contributed by atoms with Crippen LogP contribution in [0.15, 0.2) is 30.9 Å². The minimum absolute atomic E-state index is 0.195. The predicted octanol–water partition coefficient (Wildman–Crippen LogP) is 2.43. The summed E-state index contributed by atoms with van der Waals surface area (Å²) >= 11 is 0. The maximum atomic E-state index is 12.3. The molecule has 0 atom stereocenters. The molecule has 0 fully saturated rings. The van der Waals surface area contributed by atoms with Crippen LogP contribution in [-0.2, 0) is 4.79 Å². The average molecular weight is 276 g/mol. The van der Waals surface area contributed by atoms with Crippen LogP contribution in [0.2, 0.25) is 0 Å². The summed E-state index contributed by atoms with van der Waals surface area (Å²) in [6.07, 6.45) is 1.51. The van der Waals surface area contributed by atoms with Crippen molar-refractivity contribution in [2.24, 2.45) is 0 Å². The van der Waals surface area contributed by atoms with Crippen LogP contribution < -0.4 is 4.90 Å². The van der Waals surface area contributed by atoms with Crippen LogP contribution in [0.5, 0.6) is 0 Å². The van der Waals surface area contributed by atoms with E-state index in [4.69, 9.17) is 5.11 Å². The lowest BCUT2D eigenvalue weighted by Gasteiger charge is -2.26. The van der Waals surface area contributed by atoms with Gasteiger partial charge in [-0.15, -0.1) is 6.58 Å². The van der Waals surface area contributed by atoms with Crippen LogP contribution >= 0.6 is 0 Å². The minimum Gasteiger partial charge on any atom is -0.480 e. The molecule has 5 nitrogen and oxygen atoms in total. The molecule has 0 aliphatic heterocycles. The summed E-state index contributed by atoms with van der Waals surface area (Å²) in [6.45, 7) is 7.30. The van der Waals surface area contributed by atoms with Crippen molar-refractivity contribution in [2.75, 3.05) is 25.0 Å². The topological polar surface area (TPSA) is 60.9 Å². The zero-order valence-electron chi connectivity index (χ0n) is 12.1. The molecule has 0 aliphatic carbocycles. The van der Waals surface area contributed by atoms with E-state index in [0.717, 1.165) is 16.8 Å². The number of carboxylic acids is 1. The molecule has 0 saturated carbocycles. The van der Waals surface area contributed by atoms with E-state index in [1.807, 2.05) is 32.0 Å². The van der Waals surface area contributed by atoms with Gasteiger partial charge >= 0.3 is 12.0 Å². The van der Waals surface area contributed by atoms with E-state index in [0.29, 0.717) is 0 Å². The summed E-state index contributed by atoms with van der Waals surface area (Å²) in [5, 5.41) is 8.85. The summed E-state index contributed by atoms with van der Waals surface area (Å²) in [4.78, 5) is 25.8. The third kappa shape index (κ3) is 4.12. The second-order valence-electron chi connectivity index (χ2n) is 4.75. The number of amides is 2. The summed E-state index contributed by atoms with van der Waals surface area (Å²) in [7, 11) is 1.63. The molecule has 0 aliphatic rings. The number of benzene rings is 1.